The fraction of sp³-hybridized carbons (Fsp3) is 0. The van der Waals surface area contributed by atoms with Crippen molar-refractivity contribution in [3.8, 4) is 78.4 Å². The molecule has 1 aliphatic rings. The summed E-state index contributed by atoms with van der Waals surface area (Å²) in [5.74, 6) is 0.687. The van der Waals surface area contributed by atoms with Crippen LogP contribution in [-0.4, -0.2) is 15.0 Å². The summed E-state index contributed by atoms with van der Waals surface area (Å²) in [6.07, 6.45) is 3.68. The number of fused-ring (bicyclic) bond motifs is 3. The first-order chi connectivity index (χ1) is 22.8. The second kappa shape index (κ2) is 10.8. The first-order valence-corrected chi connectivity index (χ1v) is 15.5. The van der Waals surface area contributed by atoms with Gasteiger partial charge in [0.15, 0.2) is 5.82 Å². The van der Waals surface area contributed by atoms with Crippen LogP contribution >= 0.6 is 0 Å². The molecule has 0 aliphatic heterocycles. The fourth-order valence-corrected chi connectivity index (χ4v) is 6.81. The van der Waals surface area contributed by atoms with Gasteiger partial charge in [-0.15, -0.1) is 0 Å². The molecule has 3 heteroatoms. The molecule has 1 aliphatic carbocycles. The van der Waals surface area contributed by atoms with Gasteiger partial charge in [-0.25, -0.2) is 9.97 Å². The van der Waals surface area contributed by atoms with Crippen LogP contribution in [0.1, 0.15) is 0 Å². The molecule has 0 saturated heterocycles. The summed E-state index contributed by atoms with van der Waals surface area (Å²) in [5, 5.41) is 2.62. The van der Waals surface area contributed by atoms with E-state index < -0.39 is 0 Å². The minimum atomic E-state index is 0.687. The van der Waals surface area contributed by atoms with Gasteiger partial charge in [0.05, 0.1) is 11.4 Å². The van der Waals surface area contributed by atoms with E-state index in [1.165, 1.54) is 44.2 Å². The largest absolute Gasteiger partial charge is 0.264 e. The summed E-state index contributed by atoms with van der Waals surface area (Å²) in [7, 11) is 0. The quantitative estimate of drug-likeness (QED) is 0.202. The third-order valence-corrected chi connectivity index (χ3v) is 8.98. The maximum Gasteiger partial charge on any atom is 0.161 e. The summed E-state index contributed by atoms with van der Waals surface area (Å²) in [5.41, 5.74) is 14.6. The van der Waals surface area contributed by atoms with E-state index in [1.54, 1.807) is 6.20 Å². The van der Waals surface area contributed by atoms with Gasteiger partial charge in [-0.1, -0.05) is 140 Å². The monoisotopic (exact) mass is 585 g/mol. The number of nitrogens with zero attached hydrogens (tertiary/aromatic N) is 3. The molecule has 0 bridgehead atoms. The lowest BCUT2D eigenvalue weighted by Gasteiger charge is -2.13. The molecule has 0 radical (unpaired) electrons. The Balaban J connectivity index is 1.16. The highest BCUT2D eigenvalue weighted by molar-refractivity contribution is 6.18. The van der Waals surface area contributed by atoms with Crippen LogP contribution in [0.25, 0.3) is 89.2 Å². The van der Waals surface area contributed by atoms with Crippen molar-refractivity contribution in [2.45, 2.75) is 0 Å². The van der Waals surface area contributed by atoms with Crippen molar-refractivity contribution in [2.24, 2.45) is 0 Å². The zero-order valence-corrected chi connectivity index (χ0v) is 24.9. The van der Waals surface area contributed by atoms with Crippen molar-refractivity contribution < 1.29 is 0 Å². The Morgan fingerprint density at radius 2 is 0.913 bits per heavy atom. The molecular weight excluding hydrogens is 558 g/mol. The van der Waals surface area contributed by atoms with Gasteiger partial charge in [-0.2, -0.15) is 0 Å². The molecule has 0 fully saturated rings. The highest BCUT2D eigenvalue weighted by Crippen LogP contribution is 2.49. The van der Waals surface area contributed by atoms with Gasteiger partial charge in [-0.05, 0) is 61.8 Å². The lowest BCUT2D eigenvalue weighted by molar-refractivity contribution is 1.18. The van der Waals surface area contributed by atoms with E-state index in [1.807, 2.05) is 42.6 Å². The maximum atomic E-state index is 5.16. The molecule has 0 atom stereocenters. The Kier molecular flexibility index (Phi) is 6.14. The maximum absolute atomic E-state index is 5.16. The number of aromatic nitrogens is 3. The van der Waals surface area contributed by atoms with E-state index in [0.717, 1.165) is 39.2 Å². The minimum Gasteiger partial charge on any atom is -0.264 e. The Morgan fingerprint density at radius 3 is 1.63 bits per heavy atom. The number of rotatable bonds is 5. The van der Waals surface area contributed by atoms with Crippen molar-refractivity contribution in [1.82, 2.24) is 15.0 Å². The Bertz CT molecular complexity index is 2370. The van der Waals surface area contributed by atoms with Crippen molar-refractivity contribution in [2.75, 3.05) is 0 Å². The third-order valence-electron chi connectivity index (χ3n) is 8.98. The third kappa shape index (κ3) is 4.33. The highest BCUT2D eigenvalue weighted by atomic mass is 14.9. The predicted octanol–water partition coefficient (Wildman–Crippen LogP) is 11.0. The highest BCUT2D eigenvalue weighted by Gasteiger charge is 2.22. The molecule has 0 unspecified atom stereocenters. The van der Waals surface area contributed by atoms with Crippen molar-refractivity contribution in [3.63, 3.8) is 0 Å². The number of pyridine rings is 1. The molecule has 46 heavy (non-hydrogen) atoms. The molecule has 0 amide bonds. The van der Waals surface area contributed by atoms with Gasteiger partial charge in [-0.3, -0.25) is 4.98 Å². The van der Waals surface area contributed by atoms with Crippen LogP contribution < -0.4 is 0 Å². The normalized spacial score (nSPS) is 11.5. The smallest absolute Gasteiger partial charge is 0.161 e. The first kappa shape index (κ1) is 26.2. The van der Waals surface area contributed by atoms with Crippen molar-refractivity contribution in [3.05, 3.63) is 164 Å². The molecule has 9 rings (SSSR count). The summed E-state index contributed by atoms with van der Waals surface area (Å²) in [4.78, 5) is 14.6. The predicted molar refractivity (Wildman–Crippen MR) is 189 cm³/mol. The van der Waals surface area contributed by atoms with Crippen LogP contribution in [-0.2, 0) is 0 Å². The molecule has 0 N–H and O–H groups in total. The molecule has 6 aromatic carbocycles. The summed E-state index contributed by atoms with van der Waals surface area (Å²) in [6.45, 7) is 0. The fourth-order valence-electron chi connectivity index (χ4n) is 6.81. The average Bonchev–Trinajstić information content (AvgIpc) is 3.47. The second-order valence-corrected chi connectivity index (χ2v) is 11.6. The lowest BCUT2D eigenvalue weighted by atomic mass is 9.93. The number of benzene rings is 6. The molecule has 8 aromatic rings. The Morgan fingerprint density at radius 1 is 0.348 bits per heavy atom. The van der Waals surface area contributed by atoms with E-state index in [2.05, 4.69) is 120 Å². The number of hydrogen-bond donors (Lipinski definition) is 0. The first-order valence-electron chi connectivity index (χ1n) is 15.5. The van der Waals surface area contributed by atoms with Gasteiger partial charge in [0.2, 0.25) is 0 Å². The standard InChI is InChI=1S/C43H27N3/c1-2-10-29(11-3-1)40-26-41(46-43(45-40)39-16-7-4-13-32(39)31-12-9-25-44-27-31)30-21-19-28(20-22-30)33-23-24-38-35-15-6-5-14-34(35)37-18-8-17-36(33)42(37)38/h1-27H. The van der Waals surface area contributed by atoms with Gasteiger partial charge in [0, 0.05) is 34.6 Å². The molecule has 3 nitrogen and oxygen atoms in total. The van der Waals surface area contributed by atoms with E-state index >= 15 is 0 Å². The number of hydrogen-bond acceptors (Lipinski definition) is 3. The SMILES string of the molecule is c1ccc(-c2cc(-c3ccc(-c4ccc5c6c(cccc46)-c4ccccc4-5)cc3)nc(-c3ccccc3-c3cccnc3)n2)cc1. The van der Waals surface area contributed by atoms with Gasteiger partial charge < -0.3 is 0 Å². The summed E-state index contributed by atoms with van der Waals surface area (Å²) < 4.78 is 0. The molecule has 214 valence electrons. The van der Waals surface area contributed by atoms with E-state index in [-0.39, 0.29) is 0 Å². The van der Waals surface area contributed by atoms with Crippen molar-refractivity contribution in [1.29, 1.82) is 0 Å². The molecule has 2 heterocycles. The van der Waals surface area contributed by atoms with E-state index in [0.29, 0.717) is 5.82 Å². The summed E-state index contributed by atoms with van der Waals surface area (Å²) >= 11 is 0. The zero-order chi connectivity index (χ0) is 30.5. The Labute approximate surface area is 267 Å². The Hall–Kier alpha value is -6.19. The second-order valence-electron chi connectivity index (χ2n) is 11.6. The van der Waals surface area contributed by atoms with E-state index in [4.69, 9.17) is 9.97 Å². The topological polar surface area (TPSA) is 38.7 Å². The van der Waals surface area contributed by atoms with Crippen LogP contribution in [0.3, 0.4) is 0 Å². The zero-order valence-electron chi connectivity index (χ0n) is 24.9. The van der Waals surface area contributed by atoms with Crippen LogP contribution in [0, 0.1) is 0 Å². The molecule has 2 aromatic heterocycles. The minimum absolute atomic E-state index is 0.687. The van der Waals surface area contributed by atoms with Crippen LogP contribution in [0.4, 0.5) is 0 Å². The molecular formula is C43H27N3. The van der Waals surface area contributed by atoms with Crippen molar-refractivity contribution >= 4 is 10.8 Å². The lowest BCUT2D eigenvalue weighted by Crippen LogP contribution is -1.97. The van der Waals surface area contributed by atoms with E-state index in [9.17, 15) is 0 Å². The van der Waals surface area contributed by atoms with Crippen LogP contribution in [0.2, 0.25) is 0 Å². The van der Waals surface area contributed by atoms with Gasteiger partial charge >= 0.3 is 0 Å². The molecule has 0 saturated carbocycles. The average molecular weight is 586 g/mol. The van der Waals surface area contributed by atoms with Crippen LogP contribution in [0.5, 0.6) is 0 Å². The summed E-state index contributed by atoms with van der Waals surface area (Å²) in [6, 6.07) is 53.5. The molecule has 0 spiro atoms. The van der Waals surface area contributed by atoms with Crippen LogP contribution in [0.15, 0.2) is 164 Å². The van der Waals surface area contributed by atoms with Gasteiger partial charge in [0.25, 0.3) is 0 Å². The van der Waals surface area contributed by atoms with Gasteiger partial charge in [0.1, 0.15) is 0 Å².